The summed E-state index contributed by atoms with van der Waals surface area (Å²) < 4.78 is 0. The van der Waals surface area contributed by atoms with Crippen molar-refractivity contribution in [1.82, 2.24) is 5.32 Å². The van der Waals surface area contributed by atoms with Gasteiger partial charge in [0.25, 0.3) is 0 Å². The van der Waals surface area contributed by atoms with E-state index in [1.807, 2.05) is 12.1 Å². The summed E-state index contributed by atoms with van der Waals surface area (Å²) >= 11 is 6.13. The molecule has 0 atom stereocenters. The van der Waals surface area contributed by atoms with Crippen LogP contribution in [0, 0.1) is 0 Å². The summed E-state index contributed by atoms with van der Waals surface area (Å²) in [5.41, 5.74) is 2.46. The standard InChI is InChI=1S/C16H27ClN2O/c1-13(2)18-12-14-7-8-15(17)11-16(14)19(3)9-5-4-6-10-20/h7-8,11,13,18,20H,4-6,9-10,12H2,1-3H3. The van der Waals surface area contributed by atoms with Gasteiger partial charge in [-0.3, -0.25) is 0 Å². The molecule has 20 heavy (non-hydrogen) atoms. The molecule has 0 saturated carbocycles. The molecule has 0 aliphatic carbocycles. The molecule has 0 amide bonds. The number of benzene rings is 1. The van der Waals surface area contributed by atoms with Crippen LogP contribution in [0.2, 0.25) is 5.02 Å². The van der Waals surface area contributed by atoms with Gasteiger partial charge >= 0.3 is 0 Å². The highest BCUT2D eigenvalue weighted by molar-refractivity contribution is 6.30. The van der Waals surface area contributed by atoms with Crippen molar-refractivity contribution in [3.8, 4) is 0 Å². The van der Waals surface area contributed by atoms with E-state index in [1.165, 1.54) is 11.3 Å². The fourth-order valence-electron chi connectivity index (χ4n) is 2.11. The zero-order chi connectivity index (χ0) is 15.0. The van der Waals surface area contributed by atoms with E-state index in [0.717, 1.165) is 37.4 Å². The lowest BCUT2D eigenvalue weighted by Crippen LogP contribution is -2.25. The number of aliphatic hydroxyl groups excluding tert-OH is 1. The van der Waals surface area contributed by atoms with Crippen LogP contribution < -0.4 is 10.2 Å². The van der Waals surface area contributed by atoms with Crippen LogP contribution in [0.15, 0.2) is 18.2 Å². The Morgan fingerprint density at radius 3 is 2.65 bits per heavy atom. The first-order valence-electron chi connectivity index (χ1n) is 7.38. The molecule has 0 heterocycles. The Kier molecular flexibility index (Phi) is 7.97. The first-order chi connectivity index (χ1) is 9.54. The SMILES string of the molecule is CC(C)NCc1ccc(Cl)cc1N(C)CCCCCO. The Morgan fingerprint density at radius 1 is 1.25 bits per heavy atom. The number of nitrogens with one attached hydrogen (secondary N) is 1. The van der Waals surface area contributed by atoms with Gasteiger partial charge in [-0.25, -0.2) is 0 Å². The van der Waals surface area contributed by atoms with Gasteiger partial charge in [0.05, 0.1) is 0 Å². The Balaban J connectivity index is 2.67. The van der Waals surface area contributed by atoms with Crippen LogP contribution in [0.25, 0.3) is 0 Å². The Labute approximate surface area is 127 Å². The zero-order valence-corrected chi connectivity index (χ0v) is 13.6. The van der Waals surface area contributed by atoms with Crippen molar-refractivity contribution in [2.24, 2.45) is 0 Å². The van der Waals surface area contributed by atoms with Crippen molar-refractivity contribution >= 4 is 17.3 Å². The van der Waals surface area contributed by atoms with Gasteiger partial charge in [-0.15, -0.1) is 0 Å². The second kappa shape index (κ2) is 9.22. The molecule has 1 aromatic carbocycles. The molecule has 0 aliphatic heterocycles. The van der Waals surface area contributed by atoms with Gasteiger partial charge in [0.15, 0.2) is 0 Å². The van der Waals surface area contributed by atoms with E-state index in [4.69, 9.17) is 16.7 Å². The molecular weight excluding hydrogens is 272 g/mol. The zero-order valence-electron chi connectivity index (χ0n) is 12.8. The van der Waals surface area contributed by atoms with Crippen molar-refractivity contribution in [2.75, 3.05) is 25.1 Å². The molecule has 0 bridgehead atoms. The smallest absolute Gasteiger partial charge is 0.0431 e. The molecule has 1 aromatic rings. The number of unbranched alkanes of at least 4 members (excludes halogenated alkanes) is 2. The second-order valence-electron chi connectivity index (χ2n) is 5.51. The predicted octanol–water partition coefficient (Wildman–Crippen LogP) is 3.44. The number of rotatable bonds is 9. The van der Waals surface area contributed by atoms with E-state index in [1.54, 1.807) is 0 Å². The lowest BCUT2D eigenvalue weighted by molar-refractivity contribution is 0.283. The molecule has 0 unspecified atom stereocenters. The number of halogens is 1. The molecule has 0 fully saturated rings. The van der Waals surface area contributed by atoms with Crippen LogP contribution in [0.1, 0.15) is 38.7 Å². The molecule has 114 valence electrons. The Morgan fingerprint density at radius 2 is 2.00 bits per heavy atom. The minimum atomic E-state index is 0.282. The molecule has 0 saturated heterocycles. The summed E-state index contributed by atoms with van der Waals surface area (Å²) in [6, 6.07) is 6.54. The van der Waals surface area contributed by atoms with E-state index >= 15 is 0 Å². The van der Waals surface area contributed by atoms with E-state index in [0.29, 0.717) is 6.04 Å². The summed E-state index contributed by atoms with van der Waals surface area (Å²) in [5.74, 6) is 0. The van der Waals surface area contributed by atoms with Crippen molar-refractivity contribution in [3.63, 3.8) is 0 Å². The molecule has 0 radical (unpaired) electrons. The molecule has 2 N–H and O–H groups in total. The Bertz CT molecular complexity index is 396. The Hall–Kier alpha value is -0.770. The maximum Gasteiger partial charge on any atom is 0.0431 e. The van der Waals surface area contributed by atoms with Gasteiger partial charge in [-0.05, 0) is 37.0 Å². The predicted molar refractivity (Wildman–Crippen MR) is 87.6 cm³/mol. The highest BCUT2D eigenvalue weighted by atomic mass is 35.5. The second-order valence-corrected chi connectivity index (χ2v) is 5.95. The number of aliphatic hydroxyl groups is 1. The van der Waals surface area contributed by atoms with Crippen LogP contribution in [0.3, 0.4) is 0 Å². The quantitative estimate of drug-likeness (QED) is 0.686. The largest absolute Gasteiger partial charge is 0.396 e. The first kappa shape index (κ1) is 17.3. The van der Waals surface area contributed by atoms with Gasteiger partial charge < -0.3 is 15.3 Å². The molecule has 4 heteroatoms. The molecular formula is C16H27ClN2O. The van der Waals surface area contributed by atoms with Crippen molar-refractivity contribution < 1.29 is 5.11 Å². The summed E-state index contributed by atoms with van der Waals surface area (Å²) in [6.45, 7) is 6.41. The van der Waals surface area contributed by atoms with Crippen molar-refractivity contribution in [3.05, 3.63) is 28.8 Å². The summed E-state index contributed by atoms with van der Waals surface area (Å²) in [7, 11) is 2.10. The molecule has 0 aliphatic rings. The maximum atomic E-state index is 8.81. The van der Waals surface area contributed by atoms with E-state index in [-0.39, 0.29) is 6.61 Å². The fourth-order valence-corrected chi connectivity index (χ4v) is 2.28. The third kappa shape index (κ3) is 6.12. The monoisotopic (exact) mass is 298 g/mol. The van der Waals surface area contributed by atoms with E-state index < -0.39 is 0 Å². The van der Waals surface area contributed by atoms with Crippen LogP contribution in [0.5, 0.6) is 0 Å². The molecule has 1 rings (SSSR count). The average molecular weight is 299 g/mol. The minimum Gasteiger partial charge on any atom is -0.396 e. The van der Waals surface area contributed by atoms with Gasteiger partial charge in [-0.1, -0.05) is 31.5 Å². The first-order valence-corrected chi connectivity index (χ1v) is 7.76. The normalized spacial score (nSPS) is 11.1. The van der Waals surface area contributed by atoms with Gasteiger partial charge in [0.2, 0.25) is 0 Å². The highest BCUT2D eigenvalue weighted by Gasteiger charge is 2.08. The number of hydrogen-bond donors (Lipinski definition) is 2. The maximum absolute atomic E-state index is 8.81. The fraction of sp³-hybridized carbons (Fsp3) is 0.625. The number of hydrogen-bond acceptors (Lipinski definition) is 3. The molecule has 3 nitrogen and oxygen atoms in total. The van der Waals surface area contributed by atoms with E-state index in [2.05, 4.69) is 37.2 Å². The average Bonchev–Trinajstić information content (AvgIpc) is 2.41. The van der Waals surface area contributed by atoms with Crippen LogP contribution in [0.4, 0.5) is 5.69 Å². The lowest BCUT2D eigenvalue weighted by atomic mass is 10.1. The molecule has 0 aromatic heterocycles. The van der Waals surface area contributed by atoms with Crippen LogP contribution in [-0.2, 0) is 6.54 Å². The summed E-state index contributed by atoms with van der Waals surface area (Å²) in [4.78, 5) is 2.25. The molecule has 0 spiro atoms. The van der Waals surface area contributed by atoms with Gasteiger partial charge in [0.1, 0.15) is 0 Å². The van der Waals surface area contributed by atoms with Crippen LogP contribution in [-0.4, -0.2) is 31.3 Å². The summed E-state index contributed by atoms with van der Waals surface area (Å²) in [5, 5.41) is 13.0. The van der Waals surface area contributed by atoms with Gasteiger partial charge in [0, 0.05) is 43.5 Å². The lowest BCUT2D eigenvalue weighted by Gasteiger charge is -2.23. The van der Waals surface area contributed by atoms with E-state index in [9.17, 15) is 0 Å². The van der Waals surface area contributed by atoms with Crippen LogP contribution >= 0.6 is 11.6 Å². The third-order valence-electron chi connectivity index (χ3n) is 3.31. The topological polar surface area (TPSA) is 35.5 Å². The van der Waals surface area contributed by atoms with Crippen molar-refractivity contribution in [2.45, 2.75) is 45.7 Å². The summed E-state index contributed by atoms with van der Waals surface area (Å²) in [6.07, 6.45) is 3.02. The minimum absolute atomic E-state index is 0.282. The van der Waals surface area contributed by atoms with Gasteiger partial charge in [-0.2, -0.15) is 0 Å². The number of anilines is 1. The van der Waals surface area contributed by atoms with Crippen molar-refractivity contribution in [1.29, 1.82) is 0 Å². The highest BCUT2D eigenvalue weighted by Crippen LogP contribution is 2.24. The number of nitrogens with zero attached hydrogens (tertiary/aromatic N) is 1. The third-order valence-corrected chi connectivity index (χ3v) is 3.55.